The molecule has 0 amide bonds. The van der Waals surface area contributed by atoms with Crippen LogP contribution in [0.5, 0.6) is 5.75 Å². The molecule has 61 heavy (non-hydrogen) atoms. The van der Waals surface area contributed by atoms with E-state index in [4.69, 9.17) is 27.0 Å². The average molecular weight is 811 g/mol. The number of rotatable bonds is 7. The molecule has 0 bridgehead atoms. The molecule has 308 valence electrons. The number of aryl methyl sites for hydroxylation is 2. The quantitative estimate of drug-likeness (QED) is 0.161. The summed E-state index contributed by atoms with van der Waals surface area (Å²) in [7, 11) is 1.71. The summed E-state index contributed by atoms with van der Waals surface area (Å²) in [6.07, 6.45) is 1.70. The molecule has 0 N–H and O–H groups in total. The van der Waals surface area contributed by atoms with Crippen molar-refractivity contribution in [1.82, 2.24) is 14.5 Å². The Labute approximate surface area is 376 Å². The molecule has 0 fully saturated rings. The van der Waals surface area contributed by atoms with E-state index in [1.54, 1.807) is 25.4 Å². The van der Waals surface area contributed by atoms with Gasteiger partial charge >= 0.3 is 0 Å². The molecule has 2 aromatic heterocycles. The van der Waals surface area contributed by atoms with Gasteiger partial charge in [-0.05, 0) is 134 Å². The van der Waals surface area contributed by atoms with Crippen LogP contribution in [0.3, 0.4) is 0 Å². The summed E-state index contributed by atoms with van der Waals surface area (Å²) in [5, 5.41) is 0. The van der Waals surface area contributed by atoms with Crippen LogP contribution in [0, 0.1) is 13.8 Å². The van der Waals surface area contributed by atoms with Crippen molar-refractivity contribution in [2.45, 2.75) is 92.2 Å². The van der Waals surface area contributed by atoms with E-state index < -0.39 is 26.0 Å². The number of nitrogens with zero attached hydrogens (tertiary/aromatic N) is 3. The fourth-order valence-corrected chi connectivity index (χ4v) is 8.18. The number of imidazole rings is 1. The summed E-state index contributed by atoms with van der Waals surface area (Å²) in [6, 6.07) is 43.8. The van der Waals surface area contributed by atoms with Crippen molar-refractivity contribution in [2.75, 3.05) is 7.11 Å². The van der Waals surface area contributed by atoms with E-state index in [0.29, 0.717) is 11.3 Å². The summed E-state index contributed by atoms with van der Waals surface area (Å²) in [4.78, 5) is 10.4. The maximum Gasteiger partial charge on any atom is 0.149 e. The summed E-state index contributed by atoms with van der Waals surface area (Å²) in [5.41, 5.74) is 11.1. The summed E-state index contributed by atoms with van der Waals surface area (Å²) < 4.78 is 82.2. The van der Waals surface area contributed by atoms with Gasteiger partial charge in [0.2, 0.25) is 0 Å². The van der Waals surface area contributed by atoms with Gasteiger partial charge in [-0.3, -0.25) is 9.55 Å². The number of methoxy groups -OCH3 is 1. The average Bonchev–Trinajstić information content (AvgIpc) is 3.67. The number of fused-ring (bicyclic) bond motifs is 1. The van der Waals surface area contributed by atoms with Crippen molar-refractivity contribution in [3.63, 3.8) is 0 Å². The Kier molecular flexibility index (Phi) is 8.10. The van der Waals surface area contributed by atoms with Crippen LogP contribution in [-0.2, 0) is 16.2 Å². The maximum absolute atomic E-state index is 8.19. The number of ether oxygens (including phenoxy) is 1. The third-order valence-electron chi connectivity index (χ3n) is 11.5. The zero-order chi connectivity index (χ0) is 50.9. The highest BCUT2D eigenvalue weighted by Gasteiger charge is 2.25. The lowest BCUT2D eigenvalue weighted by molar-refractivity contribution is 0.413. The minimum atomic E-state index is -3.36. The summed E-state index contributed by atoms with van der Waals surface area (Å²) >= 11 is 0. The number of hydrogen-bond donors (Lipinski definition) is 0. The van der Waals surface area contributed by atoms with Gasteiger partial charge in [0, 0.05) is 35.3 Å². The normalized spacial score (nSPS) is 15.1. The molecule has 4 nitrogen and oxygen atoms in total. The first-order valence-corrected chi connectivity index (χ1v) is 20.8. The van der Waals surface area contributed by atoms with Gasteiger partial charge in [0.25, 0.3) is 0 Å². The minimum Gasteiger partial charge on any atom is -0.496 e. The van der Waals surface area contributed by atoms with Gasteiger partial charge in [-0.25, -0.2) is 4.98 Å². The highest BCUT2D eigenvalue weighted by molar-refractivity contribution is 5.97. The molecule has 8 rings (SSSR count). The molecule has 0 aliphatic carbocycles. The Morgan fingerprint density at radius 2 is 1.21 bits per heavy atom. The molecule has 0 unspecified atom stereocenters. The Balaban J connectivity index is 1.33. The van der Waals surface area contributed by atoms with Gasteiger partial charge in [0.15, 0.2) is 0 Å². The molecule has 4 heteroatoms. The summed E-state index contributed by atoms with van der Waals surface area (Å²) in [5.74, 6) is 1.50. The topological polar surface area (TPSA) is 39.9 Å². The Bertz CT molecular complexity index is 3210. The minimum absolute atomic E-state index is 0.164. The van der Waals surface area contributed by atoms with E-state index in [0.717, 1.165) is 83.9 Å². The lowest BCUT2D eigenvalue weighted by Crippen LogP contribution is -2.12. The molecule has 0 aliphatic heterocycles. The molecule has 0 atom stereocenters. The number of hydrogen-bond acceptors (Lipinski definition) is 3. The standard InChI is InChI=1S/C57H59N3O/c1-36-27-37(2)53(61-12)49(28-36)54-59-52-48(19-16-20-51(52)60(54)47-33-41(38-17-14-13-15-18-38)30-46(35-47)57(9,10)11)42-29-43(32-45(31-42)56(6,7)8)50-34-40(25-26-58-50)39-21-23-44(24-22-39)55(3,4)5/h13-35H,1-12H3/i3D3,4D3,5D3. The van der Waals surface area contributed by atoms with Crippen molar-refractivity contribution < 1.29 is 17.1 Å². The predicted molar refractivity (Wildman–Crippen MR) is 258 cm³/mol. The van der Waals surface area contributed by atoms with Crippen molar-refractivity contribution in [1.29, 1.82) is 0 Å². The molecule has 2 heterocycles. The first-order valence-electron chi connectivity index (χ1n) is 25.3. The van der Waals surface area contributed by atoms with Gasteiger partial charge in [0.1, 0.15) is 11.6 Å². The molecule has 0 radical (unpaired) electrons. The Hall–Kier alpha value is -6.26. The molecular formula is C57H59N3O. The Morgan fingerprint density at radius 3 is 1.90 bits per heavy atom. The van der Waals surface area contributed by atoms with E-state index in [1.165, 1.54) is 17.7 Å². The van der Waals surface area contributed by atoms with Gasteiger partial charge in [-0.1, -0.05) is 147 Å². The third-order valence-corrected chi connectivity index (χ3v) is 11.5. The van der Waals surface area contributed by atoms with Gasteiger partial charge in [0.05, 0.1) is 29.4 Å². The number of pyridine rings is 1. The van der Waals surface area contributed by atoms with Gasteiger partial charge in [-0.2, -0.15) is 0 Å². The van der Waals surface area contributed by atoms with Crippen molar-refractivity contribution in [2.24, 2.45) is 0 Å². The first-order chi connectivity index (χ1) is 32.6. The second-order valence-electron chi connectivity index (χ2n) is 18.3. The largest absolute Gasteiger partial charge is 0.496 e. The maximum atomic E-state index is 8.19. The molecule has 8 aromatic rings. The van der Waals surface area contributed by atoms with Crippen LogP contribution in [0.1, 0.15) is 102 Å². The highest BCUT2D eigenvalue weighted by Crippen LogP contribution is 2.43. The molecular weight excluding hydrogens is 743 g/mol. The third kappa shape index (κ3) is 8.29. The van der Waals surface area contributed by atoms with E-state index in [9.17, 15) is 0 Å². The van der Waals surface area contributed by atoms with Gasteiger partial charge < -0.3 is 4.74 Å². The van der Waals surface area contributed by atoms with Crippen molar-refractivity contribution in [3.05, 3.63) is 167 Å². The zero-order valence-electron chi connectivity index (χ0n) is 45.5. The number of benzene rings is 6. The first kappa shape index (κ1) is 31.6. The van der Waals surface area contributed by atoms with Crippen LogP contribution in [0.4, 0.5) is 0 Å². The van der Waals surface area contributed by atoms with Crippen LogP contribution in [0.2, 0.25) is 0 Å². The van der Waals surface area contributed by atoms with E-state index in [2.05, 4.69) is 151 Å². The van der Waals surface area contributed by atoms with Crippen LogP contribution >= 0.6 is 0 Å². The molecule has 0 aliphatic rings. The highest BCUT2D eigenvalue weighted by atomic mass is 16.5. The molecule has 0 spiro atoms. The lowest BCUT2D eigenvalue weighted by atomic mass is 9.83. The van der Waals surface area contributed by atoms with E-state index in [1.807, 2.05) is 18.2 Å². The van der Waals surface area contributed by atoms with Crippen LogP contribution in [0.25, 0.3) is 72.7 Å². The van der Waals surface area contributed by atoms with Crippen LogP contribution in [0.15, 0.2) is 140 Å². The van der Waals surface area contributed by atoms with E-state index >= 15 is 0 Å². The fourth-order valence-electron chi connectivity index (χ4n) is 8.18. The molecule has 6 aromatic carbocycles. The predicted octanol–water partition coefficient (Wildman–Crippen LogP) is 15.3. The van der Waals surface area contributed by atoms with Gasteiger partial charge in [-0.15, -0.1) is 0 Å². The monoisotopic (exact) mass is 811 g/mol. The molecule has 0 saturated carbocycles. The summed E-state index contributed by atoms with van der Waals surface area (Å²) in [6.45, 7) is 7.29. The SMILES string of the molecule is [2H]C([2H])([2H])C(c1ccc(-c2ccnc(-c3cc(-c4cccc5c4nc(-c4cc(C)cc(C)c4OC)n5-c4cc(-c5ccccc5)cc(C(C)(C)C)c4)cc(C(C)(C)C)c3)c2)cc1)(C([2H])([2H])[2H])C([2H])([2H])[2H]. The van der Waals surface area contributed by atoms with Crippen LogP contribution in [-0.4, -0.2) is 21.6 Å². The van der Waals surface area contributed by atoms with E-state index in [-0.39, 0.29) is 16.4 Å². The smallest absolute Gasteiger partial charge is 0.149 e. The fraction of sp³-hybridized carbons (Fsp3) is 0.263. The lowest BCUT2D eigenvalue weighted by Gasteiger charge is -2.23. The zero-order valence-corrected chi connectivity index (χ0v) is 36.5. The second-order valence-corrected chi connectivity index (χ2v) is 18.3. The Morgan fingerprint density at radius 1 is 0.541 bits per heavy atom. The number of aromatic nitrogens is 3. The molecule has 0 saturated heterocycles. The second kappa shape index (κ2) is 15.6. The van der Waals surface area contributed by atoms with Crippen molar-refractivity contribution in [3.8, 4) is 67.5 Å². The van der Waals surface area contributed by atoms with Crippen LogP contribution < -0.4 is 4.74 Å². The number of para-hydroxylation sites is 1. The van der Waals surface area contributed by atoms with Crippen molar-refractivity contribution >= 4 is 11.0 Å².